The van der Waals surface area contributed by atoms with Crippen molar-refractivity contribution in [2.45, 2.75) is 26.4 Å². The molecule has 0 atom stereocenters. The zero-order valence-electron chi connectivity index (χ0n) is 12.0. The van der Waals surface area contributed by atoms with E-state index in [4.69, 9.17) is 16.6 Å². The molecule has 0 fully saturated rings. The van der Waals surface area contributed by atoms with Gasteiger partial charge in [0.2, 0.25) is 0 Å². The lowest BCUT2D eigenvalue weighted by Gasteiger charge is -2.09. The Morgan fingerprint density at radius 1 is 1.10 bits per heavy atom. The minimum Gasteiger partial charge on any atom is -0.378 e. The smallest absolute Gasteiger partial charge is 0.129 e. The predicted octanol–water partition coefficient (Wildman–Crippen LogP) is 4.71. The number of imidazole rings is 1. The van der Waals surface area contributed by atoms with Crippen LogP contribution in [-0.4, -0.2) is 9.55 Å². The van der Waals surface area contributed by atoms with Crippen LogP contribution in [0.1, 0.15) is 19.2 Å². The number of halogens is 1. The van der Waals surface area contributed by atoms with Gasteiger partial charge in [-0.15, -0.1) is 0 Å². The maximum Gasteiger partial charge on any atom is 0.129 e. The molecule has 21 heavy (non-hydrogen) atoms. The fourth-order valence-electron chi connectivity index (χ4n) is 2.48. The molecule has 2 aromatic carbocycles. The first kappa shape index (κ1) is 14.0. The second kappa shape index (κ2) is 6.19. The molecule has 3 aromatic rings. The number of anilines is 1. The number of hydrogen-bond donors (Lipinski definition) is 1. The lowest BCUT2D eigenvalue weighted by atomic mass is 10.3. The molecular formula is C17H18ClN3. The highest BCUT2D eigenvalue weighted by Gasteiger charge is 2.09. The first-order valence-electron chi connectivity index (χ1n) is 7.21. The van der Waals surface area contributed by atoms with E-state index in [9.17, 15) is 0 Å². The Morgan fingerprint density at radius 2 is 1.86 bits per heavy atom. The van der Waals surface area contributed by atoms with E-state index >= 15 is 0 Å². The fourth-order valence-corrected chi connectivity index (χ4v) is 2.61. The highest BCUT2D eigenvalue weighted by atomic mass is 35.5. The van der Waals surface area contributed by atoms with Crippen molar-refractivity contribution in [2.75, 3.05) is 5.32 Å². The molecule has 0 unspecified atom stereocenters. The van der Waals surface area contributed by atoms with Gasteiger partial charge in [0.25, 0.3) is 0 Å². The highest BCUT2D eigenvalue weighted by Crippen LogP contribution is 2.18. The molecule has 0 amide bonds. The van der Waals surface area contributed by atoms with Crippen LogP contribution >= 0.6 is 11.6 Å². The second-order valence-electron chi connectivity index (χ2n) is 5.03. The quantitative estimate of drug-likeness (QED) is 0.739. The highest BCUT2D eigenvalue weighted by molar-refractivity contribution is 6.30. The second-order valence-corrected chi connectivity index (χ2v) is 5.47. The largest absolute Gasteiger partial charge is 0.378 e. The Balaban J connectivity index is 1.85. The van der Waals surface area contributed by atoms with E-state index in [1.807, 2.05) is 30.3 Å². The molecule has 108 valence electrons. The van der Waals surface area contributed by atoms with Crippen molar-refractivity contribution >= 4 is 28.3 Å². The number of benzene rings is 2. The van der Waals surface area contributed by atoms with E-state index in [1.165, 1.54) is 5.52 Å². The Hall–Kier alpha value is -2.00. The van der Waals surface area contributed by atoms with Crippen molar-refractivity contribution in [3.05, 3.63) is 59.4 Å². The minimum absolute atomic E-state index is 0.705. The number of para-hydroxylation sites is 2. The van der Waals surface area contributed by atoms with Crippen molar-refractivity contribution in [2.24, 2.45) is 0 Å². The van der Waals surface area contributed by atoms with E-state index < -0.39 is 0 Å². The predicted molar refractivity (Wildman–Crippen MR) is 88.8 cm³/mol. The van der Waals surface area contributed by atoms with Gasteiger partial charge in [-0.05, 0) is 42.8 Å². The van der Waals surface area contributed by atoms with Crippen LogP contribution in [0, 0.1) is 0 Å². The van der Waals surface area contributed by atoms with Gasteiger partial charge in [0.15, 0.2) is 0 Å². The van der Waals surface area contributed by atoms with Crippen LogP contribution in [0.15, 0.2) is 48.5 Å². The molecule has 0 aliphatic heterocycles. The SMILES string of the molecule is CCCn1c(CNc2ccc(Cl)cc2)nc2ccccc21. The van der Waals surface area contributed by atoms with Gasteiger partial charge in [-0.1, -0.05) is 30.7 Å². The first-order valence-corrected chi connectivity index (χ1v) is 7.59. The standard InChI is InChI=1S/C17H18ClN3/c1-2-11-21-16-6-4-3-5-15(16)20-17(21)12-19-14-9-7-13(18)8-10-14/h3-10,19H,2,11-12H2,1H3. The van der Waals surface area contributed by atoms with Crippen molar-refractivity contribution in [3.8, 4) is 0 Å². The maximum absolute atomic E-state index is 5.90. The van der Waals surface area contributed by atoms with E-state index in [2.05, 4.69) is 35.0 Å². The summed E-state index contributed by atoms with van der Waals surface area (Å²) in [5.41, 5.74) is 3.31. The van der Waals surface area contributed by atoms with Gasteiger partial charge < -0.3 is 9.88 Å². The van der Waals surface area contributed by atoms with Gasteiger partial charge in [0.1, 0.15) is 5.82 Å². The molecule has 0 saturated heterocycles. The third-order valence-corrected chi connectivity index (χ3v) is 3.73. The average Bonchev–Trinajstić information content (AvgIpc) is 2.85. The third kappa shape index (κ3) is 3.03. The van der Waals surface area contributed by atoms with Crippen LogP contribution in [0.25, 0.3) is 11.0 Å². The summed E-state index contributed by atoms with van der Waals surface area (Å²) in [7, 11) is 0. The molecule has 0 radical (unpaired) electrons. The minimum atomic E-state index is 0.705. The zero-order valence-corrected chi connectivity index (χ0v) is 12.8. The molecule has 1 aromatic heterocycles. The molecule has 0 aliphatic rings. The number of hydrogen-bond acceptors (Lipinski definition) is 2. The molecule has 0 bridgehead atoms. The van der Waals surface area contributed by atoms with Crippen molar-refractivity contribution in [3.63, 3.8) is 0 Å². The third-order valence-electron chi connectivity index (χ3n) is 3.48. The Kier molecular flexibility index (Phi) is 4.11. The van der Waals surface area contributed by atoms with E-state index in [-0.39, 0.29) is 0 Å². The monoisotopic (exact) mass is 299 g/mol. The van der Waals surface area contributed by atoms with Crippen LogP contribution in [0.5, 0.6) is 0 Å². The number of rotatable bonds is 5. The molecule has 1 heterocycles. The zero-order chi connectivity index (χ0) is 14.7. The van der Waals surface area contributed by atoms with Crippen LogP contribution in [-0.2, 0) is 13.1 Å². The topological polar surface area (TPSA) is 29.9 Å². The lowest BCUT2D eigenvalue weighted by molar-refractivity contribution is 0.661. The summed E-state index contributed by atoms with van der Waals surface area (Å²) < 4.78 is 2.29. The fraction of sp³-hybridized carbons (Fsp3) is 0.235. The summed E-state index contributed by atoms with van der Waals surface area (Å²) >= 11 is 5.90. The van der Waals surface area contributed by atoms with E-state index in [0.29, 0.717) is 6.54 Å². The molecule has 1 N–H and O–H groups in total. The number of fused-ring (bicyclic) bond motifs is 1. The van der Waals surface area contributed by atoms with Crippen molar-refractivity contribution in [1.82, 2.24) is 9.55 Å². The molecule has 4 heteroatoms. The normalized spacial score (nSPS) is 11.0. The Morgan fingerprint density at radius 3 is 2.62 bits per heavy atom. The molecule has 0 saturated carbocycles. The van der Waals surface area contributed by atoms with E-state index in [0.717, 1.165) is 35.0 Å². The molecule has 0 aliphatic carbocycles. The summed E-state index contributed by atoms with van der Waals surface area (Å²) in [6.45, 7) is 3.87. The number of aryl methyl sites for hydroxylation is 1. The van der Waals surface area contributed by atoms with E-state index in [1.54, 1.807) is 0 Å². The van der Waals surface area contributed by atoms with Crippen LogP contribution in [0.4, 0.5) is 5.69 Å². The van der Waals surface area contributed by atoms with Crippen LogP contribution < -0.4 is 5.32 Å². The van der Waals surface area contributed by atoms with Gasteiger partial charge in [-0.25, -0.2) is 4.98 Å². The van der Waals surface area contributed by atoms with Gasteiger partial charge in [-0.3, -0.25) is 0 Å². The molecule has 0 spiro atoms. The maximum atomic E-state index is 5.90. The molecule has 3 nitrogen and oxygen atoms in total. The average molecular weight is 300 g/mol. The lowest BCUT2D eigenvalue weighted by Crippen LogP contribution is -2.08. The summed E-state index contributed by atoms with van der Waals surface area (Å²) in [6, 6.07) is 16.0. The summed E-state index contributed by atoms with van der Waals surface area (Å²) in [5.74, 6) is 1.06. The molecule has 3 rings (SSSR count). The Labute approximate surface area is 129 Å². The molecular weight excluding hydrogens is 282 g/mol. The number of nitrogens with zero attached hydrogens (tertiary/aromatic N) is 2. The number of aromatic nitrogens is 2. The van der Waals surface area contributed by atoms with Crippen molar-refractivity contribution < 1.29 is 0 Å². The van der Waals surface area contributed by atoms with Gasteiger partial charge in [0, 0.05) is 17.3 Å². The Bertz CT molecular complexity index is 731. The summed E-state index contributed by atoms with van der Waals surface area (Å²) in [6.07, 6.45) is 1.09. The first-order chi connectivity index (χ1) is 10.3. The van der Waals surface area contributed by atoms with Crippen LogP contribution in [0.3, 0.4) is 0 Å². The van der Waals surface area contributed by atoms with Crippen LogP contribution in [0.2, 0.25) is 5.02 Å². The van der Waals surface area contributed by atoms with Gasteiger partial charge in [0.05, 0.1) is 17.6 Å². The summed E-state index contributed by atoms with van der Waals surface area (Å²) in [4.78, 5) is 4.74. The number of nitrogens with one attached hydrogen (secondary N) is 1. The van der Waals surface area contributed by atoms with Gasteiger partial charge >= 0.3 is 0 Å². The summed E-state index contributed by atoms with van der Waals surface area (Å²) in [5, 5.41) is 4.15. The van der Waals surface area contributed by atoms with Crippen molar-refractivity contribution in [1.29, 1.82) is 0 Å². The van der Waals surface area contributed by atoms with Gasteiger partial charge in [-0.2, -0.15) is 0 Å².